The van der Waals surface area contributed by atoms with E-state index in [2.05, 4.69) is 57.2 Å². The normalized spacial score (nSPS) is 10.8. The van der Waals surface area contributed by atoms with Gasteiger partial charge in [0.05, 0.1) is 0 Å². The van der Waals surface area contributed by atoms with E-state index in [4.69, 9.17) is 11.6 Å². The lowest BCUT2D eigenvalue weighted by Gasteiger charge is -2.14. The zero-order valence-corrected chi connectivity index (χ0v) is 13.2. The number of hydrogen-bond acceptors (Lipinski definition) is 3. The predicted molar refractivity (Wildman–Crippen MR) is 82.6 cm³/mol. The fourth-order valence-corrected chi connectivity index (χ4v) is 2.66. The van der Waals surface area contributed by atoms with Crippen molar-refractivity contribution in [2.75, 3.05) is 5.32 Å². The van der Waals surface area contributed by atoms with E-state index in [0.717, 1.165) is 15.9 Å². The number of nitrogens with zero attached hydrogens (tertiary/aromatic N) is 2. The molecule has 2 rings (SSSR count). The van der Waals surface area contributed by atoms with Crippen LogP contribution in [-0.4, -0.2) is 9.97 Å². The number of anilines is 1. The van der Waals surface area contributed by atoms with Gasteiger partial charge in [-0.2, -0.15) is 0 Å². The van der Waals surface area contributed by atoms with Crippen LogP contribution in [0.3, 0.4) is 0 Å². The average molecular weight is 341 g/mol. The third-order valence-electron chi connectivity index (χ3n) is 2.76. The van der Waals surface area contributed by atoms with Crippen LogP contribution in [0.2, 0.25) is 5.15 Å². The number of benzene rings is 1. The fourth-order valence-electron chi connectivity index (χ4n) is 1.86. The van der Waals surface area contributed by atoms with Crippen LogP contribution >= 0.6 is 27.5 Å². The Hall–Kier alpha value is -1.13. The molecule has 0 saturated carbocycles. The molecule has 1 heterocycles. The highest BCUT2D eigenvalue weighted by Gasteiger charge is 2.13. The minimum Gasteiger partial charge on any atom is -0.366 e. The monoisotopic (exact) mass is 339 g/mol. The second-order valence-corrected chi connectivity index (χ2v) is 5.84. The molecule has 2 aromatic rings. The quantitative estimate of drug-likeness (QED) is 0.825. The van der Waals surface area contributed by atoms with Crippen LogP contribution in [0.1, 0.15) is 30.9 Å². The summed E-state index contributed by atoms with van der Waals surface area (Å²) in [5, 5.41) is 3.84. The molecule has 5 heteroatoms. The standard InChI is InChI=1S/C14H15BrClN3/c1-9(2)12-13(16)18-8-19-14(12)17-7-10-4-3-5-11(15)6-10/h3-6,8-9H,7H2,1-2H3,(H,17,18,19). The summed E-state index contributed by atoms with van der Waals surface area (Å²) in [6.07, 6.45) is 1.48. The first-order valence-corrected chi connectivity index (χ1v) is 7.23. The van der Waals surface area contributed by atoms with Crippen LogP contribution in [0.15, 0.2) is 35.1 Å². The minimum absolute atomic E-state index is 0.277. The van der Waals surface area contributed by atoms with Gasteiger partial charge in [0.25, 0.3) is 0 Å². The fraction of sp³-hybridized carbons (Fsp3) is 0.286. The first-order chi connectivity index (χ1) is 9.08. The molecule has 1 N–H and O–H groups in total. The molecule has 0 aliphatic carbocycles. The average Bonchev–Trinajstić information content (AvgIpc) is 2.36. The Labute approximate surface area is 126 Å². The molecular formula is C14H15BrClN3. The summed E-state index contributed by atoms with van der Waals surface area (Å²) in [5.74, 6) is 1.08. The minimum atomic E-state index is 0.277. The maximum atomic E-state index is 6.13. The van der Waals surface area contributed by atoms with Gasteiger partial charge in [-0.05, 0) is 23.6 Å². The van der Waals surface area contributed by atoms with Crippen molar-refractivity contribution in [2.45, 2.75) is 26.3 Å². The van der Waals surface area contributed by atoms with Gasteiger partial charge in [-0.1, -0.05) is 53.5 Å². The molecular weight excluding hydrogens is 326 g/mol. The molecule has 0 saturated heterocycles. The van der Waals surface area contributed by atoms with Gasteiger partial charge in [-0.15, -0.1) is 0 Å². The van der Waals surface area contributed by atoms with E-state index in [9.17, 15) is 0 Å². The van der Waals surface area contributed by atoms with Crippen molar-refractivity contribution in [3.63, 3.8) is 0 Å². The summed E-state index contributed by atoms with van der Waals surface area (Å²) in [4.78, 5) is 8.32. The SMILES string of the molecule is CC(C)c1c(Cl)ncnc1NCc1cccc(Br)c1. The van der Waals surface area contributed by atoms with Crippen molar-refractivity contribution in [3.8, 4) is 0 Å². The Kier molecular flexibility index (Phi) is 4.77. The molecule has 0 amide bonds. The van der Waals surface area contributed by atoms with Crippen LogP contribution in [-0.2, 0) is 6.54 Å². The maximum Gasteiger partial charge on any atom is 0.138 e. The second-order valence-electron chi connectivity index (χ2n) is 4.56. The molecule has 19 heavy (non-hydrogen) atoms. The van der Waals surface area contributed by atoms with E-state index < -0.39 is 0 Å². The van der Waals surface area contributed by atoms with Crippen LogP contribution in [0.5, 0.6) is 0 Å². The van der Waals surface area contributed by atoms with Crippen LogP contribution < -0.4 is 5.32 Å². The molecule has 3 nitrogen and oxygen atoms in total. The summed E-state index contributed by atoms with van der Waals surface area (Å²) in [6.45, 7) is 4.86. The van der Waals surface area contributed by atoms with E-state index in [0.29, 0.717) is 11.7 Å². The lowest BCUT2D eigenvalue weighted by Crippen LogP contribution is -2.07. The van der Waals surface area contributed by atoms with Crippen molar-refractivity contribution in [2.24, 2.45) is 0 Å². The molecule has 1 aromatic carbocycles. The van der Waals surface area contributed by atoms with Gasteiger partial charge in [0.1, 0.15) is 17.3 Å². The predicted octanol–water partition coefficient (Wildman–Crippen LogP) is 4.63. The van der Waals surface area contributed by atoms with E-state index >= 15 is 0 Å². The number of halogens is 2. The highest BCUT2D eigenvalue weighted by atomic mass is 79.9. The van der Waals surface area contributed by atoms with E-state index in [1.807, 2.05) is 12.1 Å². The molecule has 100 valence electrons. The third-order valence-corrected chi connectivity index (χ3v) is 3.56. The van der Waals surface area contributed by atoms with Crippen molar-refractivity contribution in [3.05, 3.63) is 51.3 Å². The lowest BCUT2D eigenvalue weighted by atomic mass is 10.1. The van der Waals surface area contributed by atoms with E-state index in [1.54, 1.807) is 0 Å². The van der Waals surface area contributed by atoms with Gasteiger partial charge in [-0.3, -0.25) is 0 Å². The Morgan fingerprint density at radius 3 is 2.79 bits per heavy atom. The van der Waals surface area contributed by atoms with Gasteiger partial charge >= 0.3 is 0 Å². The van der Waals surface area contributed by atoms with Crippen molar-refractivity contribution in [1.82, 2.24) is 9.97 Å². The third kappa shape index (κ3) is 3.67. The van der Waals surface area contributed by atoms with Gasteiger partial charge in [0, 0.05) is 16.6 Å². The molecule has 0 spiro atoms. The summed E-state index contributed by atoms with van der Waals surface area (Å²) in [7, 11) is 0. The van der Waals surface area contributed by atoms with Crippen LogP contribution in [0.4, 0.5) is 5.82 Å². The molecule has 0 bridgehead atoms. The molecule has 0 unspecified atom stereocenters. The first kappa shape index (κ1) is 14.3. The number of nitrogens with one attached hydrogen (secondary N) is 1. The molecule has 0 fully saturated rings. The Morgan fingerprint density at radius 1 is 1.32 bits per heavy atom. The summed E-state index contributed by atoms with van der Waals surface area (Å²) in [5.41, 5.74) is 2.14. The van der Waals surface area contributed by atoms with Crippen molar-refractivity contribution >= 4 is 33.3 Å². The molecule has 0 aliphatic rings. The van der Waals surface area contributed by atoms with Gasteiger partial charge < -0.3 is 5.32 Å². The zero-order valence-electron chi connectivity index (χ0n) is 10.8. The van der Waals surface area contributed by atoms with Crippen molar-refractivity contribution < 1.29 is 0 Å². The number of rotatable bonds is 4. The second kappa shape index (κ2) is 6.35. The van der Waals surface area contributed by atoms with E-state index in [-0.39, 0.29) is 5.92 Å². The Balaban J connectivity index is 2.18. The molecule has 0 radical (unpaired) electrons. The Morgan fingerprint density at radius 2 is 2.11 bits per heavy atom. The smallest absolute Gasteiger partial charge is 0.138 e. The van der Waals surface area contributed by atoms with Crippen LogP contribution in [0.25, 0.3) is 0 Å². The summed E-state index contributed by atoms with van der Waals surface area (Å²) >= 11 is 9.60. The topological polar surface area (TPSA) is 37.8 Å². The molecule has 0 aliphatic heterocycles. The van der Waals surface area contributed by atoms with Gasteiger partial charge in [-0.25, -0.2) is 9.97 Å². The molecule has 0 atom stereocenters. The highest BCUT2D eigenvalue weighted by Crippen LogP contribution is 2.28. The first-order valence-electron chi connectivity index (χ1n) is 6.06. The van der Waals surface area contributed by atoms with Gasteiger partial charge in [0.2, 0.25) is 0 Å². The molecule has 1 aromatic heterocycles. The highest BCUT2D eigenvalue weighted by molar-refractivity contribution is 9.10. The summed E-state index contributed by atoms with van der Waals surface area (Å²) in [6, 6.07) is 8.16. The maximum absolute atomic E-state index is 6.13. The Bertz CT molecular complexity index is 572. The van der Waals surface area contributed by atoms with Crippen molar-refractivity contribution in [1.29, 1.82) is 0 Å². The lowest BCUT2D eigenvalue weighted by molar-refractivity contribution is 0.844. The van der Waals surface area contributed by atoms with Gasteiger partial charge in [0.15, 0.2) is 0 Å². The summed E-state index contributed by atoms with van der Waals surface area (Å²) < 4.78 is 1.07. The number of hydrogen-bond donors (Lipinski definition) is 1. The largest absolute Gasteiger partial charge is 0.366 e. The van der Waals surface area contributed by atoms with E-state index in [1.165, 1.54) is 11.9 Å². The number of aromatic nitrogens is 2. The zero-order chi connectivity index (χ0) is 13.8. The van der Waals surface area contributed by atoms with Crippen LogP contribution in [0, 0.1) is 0 Å².